The molecule has 106 valence electrons. The molecule has 0 radical (unpaired) electrons. The third-order valence-electron chi connectivity index (χ3n) is 2.66. The molecule has 0 aliphatic heterocycles. The lowest BCUT2D eigenvalue weighted by molar-refractivity contribution is -0.223. The standard InChI is InChI=1S/C13H14ClF3O2/c1-7-4-8(2)11(9(3)5-7)12(13(15,16)17)19-10(18)6-14/h4-5,12H,6H2,1-3H3/t12-/m0/s1. The fourth-order valence-corrected chi connectivity index (χ4v) is 2.12. The fraction of sp³-hybridized carbons (Fsp3) is 0.462. The lowest BCUT2D eigenvalue weighted by Gasteiger charge is -2.24. The van der Waals surface area contributed by atoms with Crippen molar-refractivity contribution >= 4 is 17.6 Å². The second-order valence-electron chi connectivity index (χ2n) is 4.36. The molecule has 2 nitrogen and oxygen atoms in total. The van der Waals surface area contributed by atoms with Gasteiger partial charge in [0.15, 0.2) is 0 Å². The number of ether oxygens (including phenoxy) is 1. The molecule has 0 unspecified atom stereocenters. The van der Waals surface area contributed by atoms with Crippen LogP contribution in [0.3, 0.4) is 0 Å². The van der Waals surface area contributed by atoms with Crippen LogP contribution in [0.1, 0.15) is 28.4 Å². The molecule has 0 bridgehead atoms. The largest absolute Gasteiger partial charge is 0.447 e. The first-order valence-corrected chi connectivity index (χ1v) is 6.10. The van der Waals surface area contributed by atoms with Gasteiger partial charge in [-0.25, -0.2) is 0 Å². The van der Waals surface area contributed by atoms with Crippen molar-refractivity contribution in [3.63, 3.8) is 0 Å². The third kappa shape index (κ3) is 3.86. The minimum atomic E-state index is -4.67. The van der Waals surface area contributed by atoms with Crippen LogP contribution in [0.25, 0.3) is 0 Å². The summed E-state index contributed by atoms with van der Waals surface area (Å²) in [6, 6.07) is 3.24. The van der Waals surface area contributed by atoms with Crippen molar-refractivity contribution in [3.05, 3.63) is 34.4 Å². The summed E-state index contributed by atoms with van der Waals surface area (Å²) in [7, 11) is 0. The van der Waals surface area contributed by atoms with Gasteiger partial charge < -0.3 is 4.74 Å². The predicted molar refractivity (Wildman–Crippen MR) is 66.3 cm³/mol. The van der Waals surface area contributed by atoms with E-state index in [0.717, 1.165) is 5.56 Å². The van der Waals surface area contributed by atoms with Crippen LogP contribution in [-0.4, -0.2) is 18.0 Å². The summed E-state index contributed by atoms with van der Waals surface area (Å²) >= 11 is 5.20. The van der Waals surface area contributed by atoms with E-state index in [9.17, 15) is 18.0 Å². The van der Waals surface area contributed by atoms with Gasteiger partial charge in [-0.3, -0.25) is 4.79 Å². The van der Waals surface area contributed by atoms with E-state index >= 15 is 0 Å². The van der Waals surface area contributed by atoms with Crippen LogP contribution in [0.15, 0.2) is 12.1 Å². The lowest BCUT2D eigenvalue weighted by Crippen LogP contribution is -2.28. The Kier molecular flexibility index (Phi) is 4.85. The minimum Gasteiger partial charge on any atom is -0.447 e. The van der Waals surface area contributed by atoms with E-state index in [1.807, 2.05) is 0 Å². The van der Waals surface area contributed by atoms with E-state index in [4.69, 9.17) is 11.6 Å². The highest BCUT2D eigenvalue weighted by Gasteiger charge is 2.45. The van der Waals surface area contributed by atoms with Gasteiger partial charge >= 0.3 is 12.1 Å². The van der Waals surface area contributed by atoms with Crippen molar-refractivity contribution in [3.8, 4) is 0 Å². The Bertz CT molecular complexity index is 460. The van der Waals surface area contributed by atoms with Crippen LogP contribution < -0.4 is 0 Å². The number of halogens is 4. The maximum atomic E-state index is 13.0. The van der Waals surface area contributed by atoms with Crippen LogP contribution in [-0.2, 0) is 9.53 Å². The molecule has 1 atom stereocenters. The molecule has 0 aliphatic carbocycles. The summed E-state index contributed by atoms with van der Waals surface area (Å²) in [5, 5.41) is 0. The fourth-order valence-electron chi connectivity index (χ4n) is 2.06. The maximum absolute atomic E-state index is 13.0. The third-order valence-corrected chi connectivity index (χ3v) is 2.87. The quantitative estimate of drug-likeness (QED) is 0.622. The van der Waals surface area contributed by atoms with E-state index in [-0.39, 0.29) is 5.56 Å². The maximum Gasteiger partial charge on any atom is 0.429 e. The topological polar surface area (TPSA) is 26.3 Å². The van der Waals surface area contributed by atoms with Crippen molar-refractivity contribution in [2.24, 2.45) is 0 Å². The number of carbonyl (C=O) groups excluding carboxylic acids is 1. The molecule has 1 aromatic rings. The number of aryl methyl sites for hydroxylation is 3. The minimum absolute atomic E-state index is 0.0310. The molecular weight excluding hydrogens is 281 g/mol. The average Bonchev–Trinajstić information content (AvgIpc) is 2.24. The van der Waals surface area contributed by atoms with Crippen molar-refractivity contribution in [2.75, 3.05) is 5.88 Å². The summed E-state index contributed by atoms with van der Waals surface area (Å²) in [4.78, 5) is 11.1. The van der Waals surface area contributed by atoms with Gasteiger partial charge in [0, 0.05) is 5.56 Å². The van der Waals surface area contributed by atoms with Gasteiger partial charge in [0.05, 0.1) is 0 Å². The molecule has 1 aromatic carbocycles. The average molecular weight is 295 g/mol. The Morgan fingerprint density at radius 2 is 1.74 bits per heavy atom. The first-order chi connectivity index (χ1) is 8.66. The van der Waals surface area contributed by atoms with Gasteiger partial charge in [-0.2, -0.15) is 13.2 Å². The van der Waals surface area contributed by atoms with E-state index in [0.29, 0.717) is 11.1 Å². The van der Waals surface area contributed by atoms with E-state index in [2.05, 4.69) is 4.74 Å². The molecule has 0 spiro atoms. The Hall–Kier alpha value is -1.23. The second kappa shape index (κ2) is 5.82. The zero-order valence-corrected chi connectivity index (χ0v) is 11.5. The number of hydrogen-bond donors (Lipinski definition) is 0. The SMILES string of the molecule is Cc1cc(C)c([C@H](OC(=O)CCl)C(F)(F)F)c(C)c1. The smallest absolute Gasteiger partial charge is 0.429 e. The number of rotatable bonds is 3. The molecule has 0 N–H and O–H groups in total. The Morgan fingerprint density at radius 1 is 1.26 bits per heavy atom. The predicted octanol–water partition coefficient (Wildman–Crippen LogP) is 4.00. The first-order valence-electron chi connectivity index (χ1n) is 5.56. The normalized spacial score (nSPS) is 13.2. The molecule has 19 heavy (non-hydrogen) atoms. The molecular formula is C13H14ClF3O2. The van der Waals surface area contributed by atoms with E-state index < -0.39 is 24.1 Å². The zero-order valence-electron chi connectivity index (χ0n) is 10.8. The van der Waals surface area contributed by atoms with Crippen LogP contribution >= 0.6 is 11.6 Å². The summed E-state index contributed by atoms with van der Waals surface area (Å²) in [5.74, 6) is -1.71. The summed E-state index contributed by atoms with van der Waals surface area (Å²) in [6.07, 6.45) is -6.95. The van der Waals surface area contributed by atoms with Gasteiger partial charge in [0.25, 0.3) is 0 Å². The molecule has 0 heterocycles. The molecule has 0 aromatic heterocycles. The Balaban J connectivity index is 3.30. The Morgan fingerprint density at radius 3 is 2.11 bits per heavy atom. The number of alkyl halides is 4. The molecule has 6 heteroatoms. The summed E-state index contributed by atoms with van der Waals surface area (Å²) < 4.78 is 43.6. The first kappa shape index (κ1) is 15.8. The van der Waals surface area contributed by atoms with Crippen LogP contribution in [0.5, 0.6) is 0 Å². The van der Waals surface area contributed by atoms with Crippen molar-refractivity contribution in [1.29, 1.82) is 0 Å². The summed E-state index contributed by atoms with van der Waals surface area (Å²) in [5.41, 5.74) is 1.68. The monoisotopic (exact) mass is 294 g/mol. The highest BCUT2D eigenvalue weighted by atomic mass is 35.5. The van der Waals surface area contributed by atoms with Crippen molar-refractivity contribution in [2.45, 2.75) is 33.1 Å². The number of esters is 1. The van der Waals surface area contributed by atoms with Gasteiger partial charge in [-0.1, -0.05) is 17.7 Å². The molecule has 0 amide bonds. The molecule has 1 rings (SSSR count). The van der Waals surface area contributed by atoms with Crippen LogP contribution in [0.2, 0.25) is 0 Å². The highest BCUT2D eigenvalue weighted by Crippen LogP contribution is 2.39. The van der Waals surface area contributed by atoms with Crippen molar-refractivity contribution in [1.82, 2.24) is 0 Å². The van der Waals surface area contributed by atoms with Gasteiger partial charge in [-0.15, -0.1) is 11.6 Å². The molecule has 0 fully saturated rings. The molecule has 0 saturated carbocycles. The number of carbonyl (C=O) groups is 1. The van der Waals surface area contributed by atoms with Crippen molar-refractivity contribution < 1.29 is 22.7 Å². The van der Waals surface area contributed by atoms with Gasteiger partial charge in [0.2, 0.25) is 6.10 Å². The highest BCUT2D eigenvalue weighted by molar-refractivity contribution is 6.26. The van der Waals surface area contributed by atoms with Gasteiger partial charge in [-0.05, 0) is 31.9 Å². The number of benzene rings is 1. The van der Waals surface area contributed by atoms with Crippen LogP contribution in [0.4, 0.5) is 13.2 Å². The van der Waals surface area contributed by atoms with Crippen LogP contribution in [0, 0.1) is 20.8 Å². The van der Waals surface area contributed by atoms with Gasteiger partial charge in [0.1, 0.15) is 5.88 Å². The summed E-state index contributed by atoms with van der Waals surface area (Å²) in [6.45, 7) is 4.91. The zero-order chi connectivity index (χ0) is 14.8. The van der Waals surface area contributed by atoms with E-state index in [1.165, 1.54) is 0 Å². The lowest BCUT2D eigenvalue weighted by atomic mass is 9.95. The Labute approximate surface area is 114 Å². The molecule has 0 aliphatic rings. The molecule has 0 saturated heterocycles. The second-order valence-corrected chi connectivity index (χ2v) is 4.62. The number of hydrogen-bond acceptors (Lipinski definition) is 2. The van der Waals surface area contributed by atoms with E-state index in [1.54, 1.807) is 32.9 Å².